The topological polar surface area (TPSA) is 0 Å². The van der Waals surface area contributed by atoms with Crippen molar-refractivity contribution in [3.05, 3.63) is 126 Å². The Bertz CT molecular complexity index is 735. The summed E-state index contributed by atoms with van der Waals surface area (Å²) in [5, 5.41) is 0. The van der Waals surface area contributed by atoms with Gasteiger partial charge < -0.3 is 0 Å². The average Bonchev–Trinajstić information content (AvgIpc) is 3.20. The second-order valence-electron chi connectivity index (χ2n) is 5.72. The maximum Gasteiger partial charge on any atom is 3.00 e. The standard InChI is InChI=1S/C11H9.2C7H7.Ti/c1-2-6-10(7-3-1)11-8-4-5-9-11;2*1-7-5-3-2-4-6-7;/h1-4,6-8H,5H2;2*3-6H,1H3;/q3*-1;+3. The van der Waals surface area contributed by atoms with Crippen molar-refractivity contribution in [1.29, 1.82) is 0 Å². The summed E-state index contributed by atoms with van der Waals surface area (Å²) in [6.45, 7) is 4.13. The molecule has 0 heterocycles. The van der Waals surface area contributed by atoms with E-state index < -0.39 is 0 Å². The van der Waals surface area contributed by atoms with E-state index >= 15 is 0 Å². The quantitative estimate of drug-likeness (QED) is 0.342. The predicted molar refractivity (Wildman–Crippen MR) is 107 cm³/mol. The molecular weight excluding hydrogens is 348 g/mol. The summed E-state index contributed by atoms with van der Waals surface area (Å²) in [7, 11) is 0. The second-order valence-corrected chi connectivity index (χ2v) is 5.72. The van der Waals surface area contributed by atoms with Crippen LogP contribution in [-0.2, 0) is 21.7 Å². The Balaban J connectivity index is 0.000000200. The van der Waals surface area contributed by atoms with E-state index in [4.69, 9.17) is 0 Å². The molecule has 0 atom stereocenters. The Morgan fingerprint density at radius 1 is 0.692 bits per heavy atom. The molecule has 1 heteroatoms. The van der Waals surface area contributed by atoms with Crippen LogP contribution in [0.3, 0.4) is 0 Å². The minimum Gasteiger partial charge on any atom is -0.197 e. The number of benzene rings is 3. The van der Waals surface area contributed by atoms with Crippen LogP contribution >= 0.6 is 0 Å². The van der Waals surface area contributed by atoms with Gasteiger partial charge in [-0.05, 0) is 0 Å². The van der Waals surface area contributed by atoms with E-state index in [9.17, 15) is 0 Å². The summed E-state index contributed by atoms with van der Waals surface area (Å²) in [4.78, 5) is 0. The van der Waals surface area contributed by atoms with Crippen molar-refractivity contribution < 1.29 is 21.7 Å². The van der Waals surface area contributed by atoms with Crippen LogP contribution in [0.1, 0.15) is 23.1 Å². The normalized spacial score (nSPS) is 11.1. The fraction of sp³-hybridized carbons (Fsp3) is 0.120. The molecule has 3 aromatic rings. The van der Waals surface area contributed by atoms with Gasteiger partial charge in [0.2, 0.25) is 0 Å². The Kier molecular flexibility index (Phi) is 11.0. The molecule has 1 aliphatic rings. The molecule has 0 aromatic heterocycles. The van der Waals surface area contributed by atoms with Crippen LogP contribution < -0.4 is 0 Å². The molecule has 0 spiro atoms. The van der Waals surface area contributed by atoms with Crippen LogP contribution in [0.15, 0.2) is 91.0 Å². The zero-order valence-electron chi connectivity index (χ0n) is 15.4. The van der Waals surface area contributed by atoms with Crippen molar-refractivity contribution in [3.63, 3.8) is 0 Å². The van der Waals surface area contributed by atoms with Gasteiger partial charge in [0.1, 0.15) is 0 Å². The summed E-state index contributed by atoms with van der Waals surface area (Å²) in [6, 6.07) is 32.0. The van der Waals surface area contributed by atoms with Crippen LogP contribution in [0.4, 0.5) is 0 Å². The Morgan fingerprint density at radius 3 is 1.54 bits per heavy atom. The third-order valence-corrected chi connectivity index (χ3v) is 3.55. The first kappa shape index (κ1) is 21.9. The van der Waals surface area contributed by atoms with Crippen molar-refractivity contribution in [2.24, 2.45) is 0 Å². The number of hydrogen-bond acceptors (Lipinski definition) is 0. The molecule has 0 bridgehead atoms. The van der Waals surface area contributed by atoms with Crippen molar-refractivity contribution in [1.82, 2.24) is 0 Å². The van der Waals surface area contributed by atoms with Gasteiger partial charge in [0.15, 0.2) is 0 Å². The van der Waals surface area contributed by atoms with E-state index in [-0.39, 0.29) is 21.7 Å². The molecule has 3 aromatic carbocycles. The van der Waals surface area contributed by atoms with Gasteiger partial charge in [-0.1, -0.05) is 38.5 Å². The zero-order chi connectivity index (χ0) is 17.7. The number of allylic oxidation sites excluding steroid dienone is 4. The smallest absolute Gasteiger partial charge is 0.197 e. The van der Waals surface area contributed by atoms with Crippen molar-refractivity contribution in [2.45, 2.75) is 20.3 Å². The van der Waals surface area contributed by atoms with E-state index in [2.05, 4.69) is 68.5 Å². The fourth-order valence-corrected chi connectivity index (χ4v) is 2.16. The van der Waals surface area contributed by atoms with Gasteiger partial charge >= 0.3 is 21.7 Å². The summed E-state index contributed by atoms with van der Waals surface area (Å²) in [5.41, 5.74) is 5.07. The van der Waals surface area contributed by atoms with Gasteiger partial charge in [0.25, 0.3) is 0 Å². The van der Waals surface area contributed by atoms with Gasteiger partial charge in [-0.25, -0.2) is 0 Å². The fourth-order valence-electron chi connectivity index (χ4n) is 2.16. The predicted octanol–water partition coefficient (Wildman–Crippen LogP) is 6.42. The molecule has 26 heavy (non-hydrogen) atoms. The largest absolute Gasteiger partial charge is 3.00 e. The van der Waals surface area contributed by atoms with E-state index in [1.54, 1.807) is 0 Å². The first-order valence-corrected chi connectivity index (χ1v) is 8.44. The SMILES string of the molecule is Cc1cc[c-]cc1.Cc1cc[c-]cc1.[C-]1=C(c2ccccc2)C=CC1.[Ti+3]. The molecule has 0 nitrogen and oxygen atoms in total. The number of aryl methyl sites for hydroxylation is 2. The average molecular weight is 371 g/mol. The molecule has 127 valence electrons. The van der Waals surface area contributed by atoms with Crippen molar-refractivity contribution in [2.75, 3.05) is 0 Å². The molecule has 0 fully saturated rings. The van der Waals surface area contributed by atoms with Crippen molar-refractivity contribution >= 4 is 5.57 Å². The molecule has 0 saturated heterocycles. The Labute approximate surface area is 173 Å². The van der Waals surface area contributed by atoms with Crippen molar-refractivity contribution in [3.8, 4) is 0 Å². The third-order valence-electron chi connectivity index (χ3n) is 3.55. The molecule has 0 amide bonds. The van der Waals surface area contributed by atoms with E-state index in [0.717, 1.165) is 6.42 Å². The summed E-state index contributed by atoms with van der Waals surface area (Å²) >= 11 is 0. The molecule has 1 radical (unpaired) electrons. The van der Waals surface area contributed by atoms with Gasteiger partial charge in [0, 0.05) is 0 Å². The Morgan fingerprint density at radius 2 is 1.19 bits per heavy atom. The molecule has 0 aliphatic heterocycles. The summed E-state index contributed by atoms with van der Waals surface area (Å²) < 4.78 is 0. The van der Waals surface area contributed by atoms with Crippen LogP contribution in [0.25, 0.3) is 5.57 Å². The maximum absolute atomic E-state index is 3.28. The van der Waals surface area contributed by atoms with Gasteiger partial charge in [-0.15, -0.1) is 23.8 Å². The minimum absolute atomic E-state index is 0. The van der Waals surface area contributed by atoms with Gasteiger partial charge in [0.05, 0.1) is 0 Å². The third kappa shape index (κ3) is 8.81. The monoisotopic (exact) mass is 371 g/mol. The molecule has 0 saturated carbocycles. The van der Waals surface area contributed by atoms with Gasteiger partial charge in [-0.2, -0.15) is 89.5 Å². The van der Waals surface area contributed by atoms with Crippen LogP contribution in [0.5, 0.6) is 0 Å². The van der Waals surface area contributed by atoms with Crippen LogP contribution in [0, 0.1) is 32.1 Å². The first-order chi connectivity index (χ1) is 12.3. The summed E-state index contributed by atoms with van der Waals surface area (Å²) in [6.07, 6.45) is 8.49. The van der Waals surface area contributed by atoms with Crippen LogP contribution in [-0.4, -0.2) is 0 Å². The number of hydrogen-bond donors (Lipinski definition) is 0. The Hall–Kier alpha value is -2.15. The second kappa shape index (κ2) is 13.1. The van der Waals surface area contributed by atoms with E-state index in [0.29, 0.717) is 0 Å². The van der Waals surface area contributed by atoms with E-state index in [1.807, 2.05) is 54.6 Å². The first-order valence-electron chi connectivity index (χ1n) is 8.44. The molecular formula is C25H23Ti. The molecule has 0 unspecified atom stereocenters. The summed E-state index contributed by atoms with van der Waals surface area (Å²) in [5.74, 6) is 0. The number of rotatable bonds is 1. The van der Waals surface area contributed by atoms with Gasteiger partial charge in [-0.3, -0.25) is 0 Å². The van der Waals surface area contributed by atoms with E-state index in [1.165, 1.54) is 22.3 Å². The minimum atomic E-state index is 0. The van der Waals surface area contributed by atoms with Crippen LogP contribution in [0.2, 0.25) is 0 Å². The molecule has 4 rings (SSSR count). The molecule has 1 aliphatic carbocycles. The maximum atomic E-state index is 3.28. The molecule has 0 N–H and O–H groups in total. The zero-order valence-corrected chi connectivity index (χ0v) is 16.9.